The number of nitrogens with two attached hydrogens (primary N) is 1. The highest BCUT2D eigenvalue weighted by molar-refractivity contribution is 5.35. The number of hydrogen-bond acceptors (Lipinski definition) is 2. The molecule has 3 rings (SSSR count). The van der Waals surface area contributed by atoms with Crippen molar-refractivity contribution in [2.75, 3.05) is 6.54 Å². The van der Waals surface area contributed by atoms with Gasteiger partial charge >= 0.3 is 0 Å². The molecular weight excluding hydrogens is 220 g/mol. The summed E-state index contributed by atoms with van der Waals surface area (Å²) in [6, 6.07) is 9.93. The minimum Gasteiger partial charge on any atom is -0.329 e. The van der Waals surface area contributed by atoms with E-state index in [9.17, 15) is 0 Å². The average molecular weight is 244 g/mol. The van der Waals surface area contributed by atoms with E-state index in [1.54, 1.807) is 5.56 Å². The first-order valence-corrected chi connectivity index (χ1v) is 7.43. The molecule has 2 nitrogen and oxygen atoms in total. The second-order valence-electron chi connectivity index (χ2n) is 5.84. The SMILES string of the molecule is NCC(NC1CCCC1)c1ccccc1C1CC1. The van der Waals surface area contributed by atoms with E-state index in [4.69, 9.17) is 5.73 Å². The number of rotatable bonds is 5. The van der Waals surface area contributed by atoms with Crippen LogP contribution in [0.5, 0.6) is 0 Å². The van der Waals surface area contributed by atoms with Gasteiger partial charge in [0, 0.05) is 18.6 Å². The second kappa shape index (κ2) is 5.41. The van der Waals surface area contributed by atoms with Crippen molar-refractivity contribution in [3.05, 3.63) is 35.4 Å². The molecule has 0 aliphatic heterocycles. The highest BCUT2D eigenvalue weighted by Crippen LogP contribution is 2.43. The van der Waals surface area contributed by atoms with Crippen LogP contribution in [0.25, 0.3) is 0 Å². The van der Waals surface area contributed by atoms with E-state index >= 15 is 0 Å². The minimum absolute atomic E-state index is 0.352. The Morgan fingerprint density at radius 3 is 2.50 bits per heavy atom. The third kappa shape index (κ3) is 2.60. The topological polar surface area (TPSA) is 38.0 Å². The highest BCUT2D eigenvalue weighted by atomic mass is 15.0. The second-order valence-corrected chi connectivity index (χ2v) is 5.84. The van der Waals surface area contributed by atoms with Crippen molar-refractivity contribution in [2.45, 2.75) is 56.5 Å². The van der Waals surface area contributed by atoms with E-state index < -0.39 is 0 Å². The van der Waals surface area contributed by atoms with Crippen LogP contribution in [-0.4, -0.2) is 12.6 Å². The molecule has 98 valence electrons. The van der Waals surface area contributed by atoms with Crippen molar-refractivity contribution in [1.82, 2.24) is 5.32 Å². The van der Waals surface area contributed by atoms with Gasteiger partial charge in [0.15, 0.2) is 0 Å². The molecule has 0 bridgehead atoms. The fourth-order valence-electron chi connectivity index (χ4n) is 3.26. The van der Waals surface area contributed by atoms with Gasteiger partial charge in [0.25, 0.3) is 0 Å². The number of benzene rings is 1. The Bertz CT molecular complexity index is 392. The fourth-order valence-corrected chi connectivity index (χ4v) is 3.26. The van der Waals surface area contributed by atoms with E-state index in [1.807, 2.05) is 0 Å². The molecule has 0 saturated heterocycles. The van der Waals surface area contributed by atoms with Crippen LogP contribution < -0.4 is 11.1 Å². The molecule has 1 aromatic rings. The van der Waals surface area contributed by atoms with Crippen LogP contribution in [0.3, 0.4) is 0 Å². The van der Waals surface area contributed by atoms with Gasteiger partial charge in [-0.1, -0.05) is 37.1 Å². The zero-order valence-electron chi connectivity index (χ0n) is 11.1. The predicted molar refractivity (Wildman–Crippen MR) is 75.6 cm³/mol. The molecule has 2 aliphatic rings. The molecule has 2 aliphatic carbocycles. The first kappa shape index (κ1) is 12.2. The third-order valence-electron chi connectivity index (χ3n) is 4.42. The molecule has 1 atom stereocenters. The Labute approximate surface area is 110 Å². The average Bonchev–Trinajstić information content (AvgIpc) is 3.14. The summed E-state index contributed by atoms with van der Waals surface area (Å²) in [5.74, 6) is 0.806. The summed E-state index contributed by atoms with van der Waals surface area (Å²) >= 11 is 0. The van der Waals surface area contributed by atoms with Crippen LogP contribution in [0.1, 0.15) is 61.6 Å². The van der Waals surface area contributed by atoms with Gasteiger partial charge in [0.05, 0.1) is 0 Å². The molecule has 0 radical (unpaired) electrons. The summed E-state index contributed by atoms with van der Waals surface area (Å²) in [7, 11) is 0. The Morgan fingerprint density at radius 2 is 1.83 bits per heavy atom. The van der Waals surface area contributed by atoms with Crippen LogP contribution in [0.4, 0.5) is 0 Å². The van der Waals surface area contributed by atoms with Gasteiger partial charge in [-0.25, -0.2) is 0 Å². The smallest absolute Gasteiger partial charge is 0.0449 e. The molecule has 3 N–H and O–H groups in total. The molecule has 2 saturated carbocycles. The van der Waals surface area contributed by atoms with Crippen molar-refractivity contribution in [1.29, 1.82) is 0 Å². The van der Waals surface area contributed by atoms with Crippen molar-refractivity contribution in [3.63, 3.8) is 0 Å². The molecule has 0 amide bonds. The summed E-state index contributed by atoms with van der Waals surface area (Å²) in [4.78, 5) is 0. The van der Waals surface area contributed by atoms with Gasteiger partial charge in [-0.05, 0) is 42.7 Å². The third-order valence-corrected chi connectivity index (χ3v) is 4.42. The van der Waals surface area contributed by atoms with Crippen LogP contribution in [0.15, 0.2) is 24.3 Å². The van der Waals surface area contributed by atoms with E-state index in [-0.39, 0.29) is 0 Å². The Hall–Kier alpha value is -0.860. The van der Waals surface area contributed by atoms with E-state index in [0.29, 0.717) is 18.6 Å². The molecule has 1 unspecified atom stereocenters. The van der Waals surface area contributed by atoms with Crippen molar-refractivity contribution in [2.24, 2.45) is 5.73 Å². The van der Waals surface area contributed by atoms with Crippen molar-refractivity contribution >= 4 is 0 Å². The maximum Gasteiger partial charge on any atom is 0.0449 e. The van der Waals surface area contributed by atoms with Crippen LogP contribution >= 0.6 is 0 Å². The van der Waals surface area contributed by atoms with Crippen LogP contribution in [0, 0.1) is 0 Å². The molecule has 0 spiro atoms. The van der Waals surface area contributed by atoms with E-state index in [1.165, 1.54) is 44.1 Å². The Balaban J connectivity index is 1.77. The molecule has 18 heavy (non-hydrogen) atoms. The van der Waals surface area contributed by atoms with E-state index in [2.05, 4.69) is 29.6 Å². The summed E-state index contributed by atoms with van der Waals surface area (Å²) in [5.41, 5.74) is 9.00. The van der Waals surface area contributed by atoms with Crippen molar-refractivity contribution in [3.8, 4) is 0 Å². The molecular formula is C16H24N2. The number of nitrogens with one attached hydrogen (secondary N) is 1. The highest BCUT2D eigenvalue weighted by Gasteiger charge is 2.28. The molecule has 2 fully saturated rings. The fraction of sp³-hybridized carbons (Fsp3) is 0.625. The lowest BCUT2D eigenvalue weighted by molar-refractivity contribution is 0.442. The monoisotopic (exact) mass is 244 g/mol. The molecule has 1 aromatic carbocycles. The van der Waals surface area contributed by atoms with Crippen LogP contribution in [-0.2, 0) is 0 Å². The summed E-state index contributed by atoms with van der Waals surface area (Å²) in [6.07, 6.45) is 8.11. The normalized spacial score (nSPS) is 22.3. The zero-order valence-corrected chi connectivity index (χ0v) is 11.1. The standard InChI is InChI=1S/C16H24N2/c17-11-16(18-13-5-1-2-6-13)15-8-4-3-7-14(15)12-9-10-12/h3-4,7-8,12-13,16,18H,1-2,5-6,9-11,17H2. The Kier molecular flexibility index (Phi) is 3.67. The summed E-state index contributed by atoms with van der Waals surface area (Å²) in [6.45, 7) is 0.709. The molecule has 0 heterocycles. The maximum atomic E-state index is 6.01. The van der Waals surface area contributed by atoms with Gasteiger partial charge in [0.2, 0.25) is 0 Å². The first-order valence-electron chi connectivity index (χ1n) is 7.43. The Morgan fingerprint density at radius 1 is 1.11 bits per heavy atom. The first-order chi connectivity index (χ1) is 8.88. The molecule has 2 heteroatoms. The quantitative estimate of drug-likeness (QED) is 0.835. The minimum atomic E-state index is 0.352. The lowest BCUT2D eigenvalue weighted by Crippen LogP contribution is -2.35. The summed E-state index contributed by atoms with van der Waals surface area (Å²) in [5, 5.41) is 3.78. The van der Waals surface area contributed by atoms with Gasteiger partial charge in [-0.3, -0.25) is 0 Å². The zero-order chi connectivity index (χ0) is 12.4. The van der Waals surface area contributed by atoms with Crippen LogP contribution in [0.2, 0.25) is 0 Å². The van der Waals surface area contributed by atoms with Gasteiger partial charge in [-0.15, -0.1) is 0 Å². The lowest BCUT2D eigenvalue weighted by atomic mass is 9.96. The van der Waals surface area contributed by atoms with Gasteiger partial charge < -0.3 is 11.1 Å². The predicted octanol–water partition coefficient (Wildman–Crippen LogP) is 3.10. The molecule has 0 aromatic heterocycles. The van der Waals surface area contributed by atoms with E-state index in [0.717, 1.165) is 5.92 Å². The van der Waals surface area contributed by atoms with Gasteiger partial charge in [-0.2, -0.15) is 0 Å². The largest absolute Gasteiger partial charge is 0.329 e. The maximum absolute atomic E-state index is 6.01. The van der Waals surface area contributed by atoms with Crippen molar-refractivity contribution < 1.29 is 0 Å². The van der Waals surface area contributed by atoms with Gasteiger partial charge in [0.1, 0.15) is 0 Å². The lowest BCUT2D eigenvalue weighted by Gasteiger charge is -2.24. The summed E-state index contributed by atoms with van der Waals surface area (Å²) < 4.78 is 0. The number of hydrogen-bond donors (Lipinski definition) is 2.